The van der Waals surface area contributed by atoms with Crippen LogP contribution in [-0.4, -0.2) is 38.9 Å². The van der Waals surface area contributed by atoms with Gasteiger partial charge in [0.1, 0.15) is 5.75 Å². The van der Waals surface area contributed by atoms with Crippen molar-refractivity contribution in [1.82, 2.24) is 4.90 Å². The summed E-state index contributed by atoms with van der Waals surface area (Å²) < 4.78 is 33.0. The number of nitrogens with zero attached hydrogens (tertiary/aromatic N) is 1. The van der Waals surface area contributed by atoms with Gasteiger partial charge in [0, 0.05) is 13.1 Å². The first-order valence-electron chi connectivity index (χ1n) is 9.23. The quantitative estimate of drug-likeness (QED) is 0.697. The molecule has 1 amide bonds. The Labute approximate surface area is 180 Å². The van der Waals surface area contributed by atoms with E-state index in [0.717, 1.165) is 25.9 Å². The molecule has 1 aliphatic rings. The number of anilines is 1. The summed E-state index contributed by atoms with van der Waals surface area (Å²) in [6, 6.07) is 10.4. The first-order chi connectivity index (χ1) is 13.7. The molecule has 0 saturated carbocycles. The van der Waals surface area contributed by atoms with E-state index in [9.17, 15) is 13.2 Å². The van der Waals surface area contributed by atoms with Crippen LogP contribution in [0.3, 0.4) is 0 Å². The van der Waals surface area contributed by atoms with Gasteiger partial charge in [-0.05, 0) is 61.2 Å². The molecule has 6 nitrogen and oxygen atoms in total. The van der Waals surface area contributed by atoms with Crippen molar-refractivity contribution in [2.75, 3.05) is 24.4 Å². The summed E-state index contributed by atoms with van der Waals surface area (Å²) in [7, 11) is -3.80. The monoisotopic (exact) mass is 456 g/mol. The molecule has 1 saturated heterocycles. The largest absolute Gasteiger partial charge is 0.484 e. The second-order valence-electron chi connectivity index (χ2n) is 7.06. The number of hydrogen-bond acceptors (Lipinski definition) is 4. The zero-order valence-corrected chi connectivity index (χ0v) is 18.2. The van der Waals surface area contributed by atoms with E-state index in [1.807, 2.05) is 0 Å². The van der Waals surface area contributed by atoms with Crippen molar-refractivity contribution in [2.45, 2.75) is 24.7 Å². The molecule has 0 unspecified atom stereocenters. The molecule has 2 aromatic rings. The standard InChI is InChI=1S/C20H22Cl2N2O4S/c1-14-8-10-24(11-9-14)20(25)13-28-16-3-5-17(6-4-16)29(26,27)23-15-2-7-18(21)19(22)12-15/h2-7,12,14,23H,8-11,13H2,1H3. The number of benzene rings is 2. The first-order valence-corrected chi connectivity index (χ1v) is 11.5. The van der Waals surface area contributed by atoms with Gasteiger partial charge in [-0.25, -0.2) is 8.42 Å². The van der Waals surface area contributed by atoms with Gasteiger partial charge in [0.05, 0.1) is 20.6 Å². The summed E-state index contributed by atoms with van der Waals surface area (Å²) in [4.78, 5) is 14.1. The van der Waals surface area contributed by atoms with Crippen LogP contribution in [-0.2, 0) is 14.8 Å². The van der Waals surface area contributed by atoms with Gasteiger partial charge in [-0.2, -0.15) is 0 Å². The molecule has 9 heteroatoms. The zero-order valence-electron chi connectivity index (χ0n) is 15.9. The highest BCUT2D eigenvalue weighted by Crippen LogP contribution is 2.27. The molecule has 0 aliphatic carbocycles. The molecular formula is C20H22Cl2N2O4S. The predicted molar refractivity (Wildman–Crippen MR) is 114 cm³/mol. The van der Waals surface area contributed by atoms with E-state index < -0.39 is 10.0 Å². The molecule has 3 rings (SSSR count). The van der Waals surface area contributed by atoms with E-state index in [2.05, 4.69) is 11.6 Å². The maximum absolute atomic E-state index is 12.5. The number of likely N-dealkylation sites (tertiary alicyclic amines) is 1. The van der Waals surface area contributed by atoms with Crippen LogP contribution in [0, 0.1) is 5.92 Å². The van der Waals surface area contributed by atoms with Crippen LogP contribution < -0.4 is 9.46 Å². The van der Waals surface area contributed by atoms with Gasteiger partial charge in [0.15, 0.2) is 6.61 Å². The summed E-state index contributed by atoms with van der Waals surface area (Å²) in [5.41, 5.74) is 0.307. The van der Waals surface area contributed by atoms with Crippen LogP contribution in [0.15, 0.2) is 47.4 Å². The number of nitrogens with one attached hydrogen (secondary N) is 1. The van der Waals surface area contributed by atoms with Gasteiger partial charge >= 0.3 is 0 Å². The lowest BCUT2D eigenvalue weighted by molar-refractivity contribution is -0.134. The number of ether oxygens (including phenoxy) is 1. The number of carbonyl (C=O) groups is 1. The molecule has 156 valence electrons. The normalized spacial score (nSPS) is 15.2. The summed E-state index contributed by atoms with van der Waals surface area (Å²) in [5.74, 6) is 1.01. The summed E-state index contributed by atoms with van der Waals surface area (Å²) in [6.45, 7) is 3.62. The Kier molecular flexibility index (Phi) is 6.93. The SMILES string of the molecule is CC1CCN(C(=O)COc2ccc(S(=O)(=O)Nc3ccc(Cl)c(Cl)c3)cc2)CC1. The zero-order chi connectivity index (χ0) is 21.0. The van der Waals surface area contributed by atoms with Gasteiger partial charge < -0.3 is 9.64 Å². The fourth-order valence-corrected chi connectivity index (χ4v) is 4.33. The van der Waals surface area contributed by atoms with Crippen molar-refractivity contribution >= 4 is 44.8 Å². The first kappa shape index (κ1) is 21.7. The van der Waals surface area contributed by atoms with Gasteiger partial charge in [-0.3, -0.25) is 9.52 Å². The maximum Gasteiger partial charge on any atom is 0.261 e. The van der Waals surface area contributed by atoms with Crippen LogP contribution >= 0.6 is 23.2 Å². The Hall–Kier alpha value is -1.96. The highest BCUT2D eigenvalue weighted by Gasteiger charge is 2.20. The van der Waals surface area contributed by atoms with E-state index in [0.29, 0.717) is 22.4 Å². The summed E-state index contributed by atoms with van der Waals surface area (Å²) in [6.07, 6.45) is 2.01. The van der Waals surface area contributed by atoms with E-state index >= 15 is 0 Å². The van der Waals surface area contributed by atoms with E-state index in [4.69, 9.17) is 27.9 Å². The molecule has 0 aromatic heterocycles. The number of rotatable bonds is 6. The van der Waals surface area contributed by atoms with E-state index in [-0.39, 0.29) is 22.4 Å². The van der Waals surface area contributed by atoms with Crippen molar-refractivity contribution in [2.24, 2.45) is 5.92 Å². The van der Waals surface area contributed by atoms with E-state index in [1.165, 1.54) is 42.5 Å². The number of halogens is 2. The third-order valence-corrected chi connectivity index (χ3v) is 6.94. The van der Waals surface area contributed by atoms with Gasteiger partial charge in [0.2, 0.25) is 0 Å². The smallest absolute Gasteiger partial charge is 0.261 e. The van der Waals surface area contributed by atoms with Gasteiger partial charge in [-0.15, -0.1) is 0 Å². The van der Waals surface area contributed by atoms with Crippen molar-refractivity contribution < 1.29 is 17.9 Å². The lowest BCUT2D eigenvalue weighted by Gasteiger charge is -2.30. The number of sulfonamides is 1. The second kappa shape index (κ2) is 9.24. The molecule has 1 aliphatic heterocycles. The maximum atomic E-state index is 12.5. The molecule has 0 radical (unpaired) electrons. The Bertz CT molecular complexity index is 972. The van der Waals surface area contributed by atoms with Crippen LogP contribution in [0.1, 0.15) is 19.8 Å². The van der Waals surface area contributed by atoms with Crippen molar-refractivity contribution in [3.05, 3.63) is 52.5 Å². The minimum atomic E-state index is -3.80. The molecule has 1 heterocycles. The van der Waals surface area contributed by atoms with Crippen LogP contribution in [0.2, 0.25) is 10.0 Å². The third kappa shape index (κ3) is 5.78. The topological polar surface area (TPSA) is 75.7 Å². The van der Waals surface area contributed by atoms with Crippen LogP contribution in [0.25, 0.3) is 0 Å². The minimum absolute atomic E-state index is 0.0603. The van der Waals surface area contributed by atoms with Crippen LogP contribution in [0.4, 0.5) is 5.69 Å². The van der Waals surface area contributed by atoms with Crippen LogP contribution in [0.5, 0.6) is 5.75 Å². The Morgan fingerprint density at radius 2 is 1.76 bits per heavy atom. The highest BCUT2D eigenvalue weighted by atomic mass is 35.5. The predicted octanol–water partition coefficient (Wildman–Crippen LogP) is 4.43. The molecule has 0 bridgehead atoms. The molecule has 1 fully saturated rings. The van der Waals surface area contributed by atoms with Gasteiger partial charge in [0.25, 0.3) is 15.9 Å². The number of hydrogen-bond donors (Lipinski definition) is 1. The molecule has 0 spiro atoms. The lowest BCUT2D eigenvalue weighted by atomic mass is 9.99. The Balaban J connectivity index is 1.58. The highest BCUT2D eigenvalue weighted by molar-refractivity contribution is 7.92. The number of piperidine rings is 1. The molecule has 2 aromatic carbocycles. The number of carbonyl (C=O) groups excluding carboxylic acids is 1. The fourth-order valence-electron chi connectivity index (χ4n) is 2.98. The van der Waals surface area contributed by atoms with Gasteiger partial charge in [-0.1, -0.05) is 30.1 Å². The van der Waals surface area contributed by atoms with Crippen molar-refractivity contribution in [1.29, 1.82) is 0 Å². The molecule has 0 atom stereocenters. The minimum Gasteiger partial charge on any atom is -0.484 e. The Morgan fingerprint density at radius 1 is 1.10 bits per heavy atom. The molecule has 29 heavy (non-hydrogen) atoms. The van der Waals surface area contributed by atoms with Crippen molar-refractivity contribution in [3.63, 3.8) is 0 Å². The third-order valence-electron chi connectivity index (χ3n) is 4.80. The average molecular weight is 457 g/mol. The molecule has 1 N–H and O–H groups in total. The average Bonchev–Trinajstić information content (AvgIpc) is 2.69. The van der Waals surface area contributed by atoms with Crippen molar-refractivity contribution in [3.8, 4) is 5.75 Å². The number of amides is 1. The fraction of sp³-hybridized carbons (Fsp3) is 0.350. The summed E-state index contributed by atoms with van der Waals surface area (Å²) >= 11 is 11.8. The van der Waals surface area contributed by atoms with E-state index in [1.54, 1.807) is 4.90 Å². The second-order valence-corrected chi connectivity index (χ2v) is 9.55. The summed E-state index contributed by atoms with van der Waals surface area (Å²) in [5, 5.41) is 0.591. The lowest BCUT2D eigenvalue weighted by Crippen LogP contribution is -2.40. The Morgan fingerprint density at radius 3 is 2.38 bits per heavy atom. The molecular weight excluding hydrogens is 435 g/mol.